The molecule has 0 aliphatic carbocycles. The third kappa shape index (κ3) is 4.97. The number of nitrogens with zero attached hydrogens (tertiary/aromatic N) is 4. The number of rotatable bonds is 6. The molecule has 0 bridgehead atoms. The standard InChI is InChI=1S/C31H26BrN5O3S2/c1-4-16-36-29(39)26(31-35(5-2)23-18-22(40-3)14-15-24(23)41-31)42-30(36)25-27(33-20-11-9-10-19(32)17-20)34-37(28(25)38)21-12-7-6-8-13-21/h4,6-15,17-18H,1,5,16H2,2-3H3,(H,33,34)/b30-25+,31-26-. The summed E-state index contributed by atoms with van der Waals surface area (Å²) in [6, 6.07) is 22.7. The lowest BCUT2D eigenvalue weighted by Gasteiger charge is -2.17. The second-order valence-corrected chi connectivity index (χ2v) is 12.3. The molecule has 1 fully saturated rings. The number of hydrogen-bond acceptors (Lipinski definition) is 7. The molecule has 6 rings (SSSR count). The summed E-state index contributed by atoms with van der Waals surface area (Å²) in [5.74, 6) is 0.805. The first-order valence-corrected chi connectivity index (χ1v) is 15.6. The van der Waals surface area contributed by atoms with Crippen LogP contribution < -0.4 is 34.8 Å². The van der Waals surface area contributed by atoms with Crippen molar-refractivity contribution in [1.82, 2.24) is 9.99 Å². The average Bonchev–Trinajstić information content (AvgIpc) is 3.63. The van der Waals surface area contributed by atoms with Gasteiger partial charge in [0.2, 0.25) is 0 Å². The number of carbonyl (C=O) groups excluding carboxylic acids is 1. The summed E-state index contributed by atoms with van der Waals surface area (Å²) >= 11 is 6.34. The smallest absolute Gasteiger partial charge is 0.283 e. The number of nitrogens with one attached hydrogen (secondary N) is 1. The number of para-hydroxylation sites is 1. The molecule has 0 saturated carbocycles. The molecule has 8 nitrogen and oxygen atoms in total. The molecule has 0 atom stereocenters. The lowest BCUT2D eigenvalue weighted by atomic mass is 10.2. The van der Waals surface area contributed by atoms with E-state index in [2.05, 4.69) is 32.8 Å². The van der Waals surface area contributed by atoms with Crippen LogP contribution in [0, 0.1) is 0 Å². The van der Waals surface area contributed by atoms with Gasteiger partial charge in [0.05, 0.1) is 24.2 Å². The van der Waals surface area contributed by atoms with Crippen molar-refractivity contribution in [3.05, 3.63) is 109 Å². The molecule has 2 aliphatic rings. The molecule has 3 heterocycles. The highest BCUT2D eigenvalue weighted by Gasteiger charge is 2.36. The van der Waals surface area contributed by atoms with Gasteiger partial charge in [0, 0.05) is 28.5 Å². The topological polar surface area (TPSA) is 79.2 Å². The number of anilines is 2. The van der Waals surface area contributed by atoms with E-state index in [0.717, 1.165) is 25.8 Å². The zero-order valence-corrected chi connectivity index (χ0v) is 26.1. The van der Waals surface area contributed by atoms with Gasteiger partial charge in [-0.3, -0.25) is 19.6 Å². The number of thiazole rings is 1. The number of amides is 1. The minimum Gasteiger partial charge on any atom is -0.497 e. The van der Waals surface area contributed by atoms with E-state index in [0.29, 0.717) is 38.5 Å². The number of hydrogen-bond donors (Lipinski definition) is 1. The van der Waals surface area contributed by atoms with Crippen molar-refractivity contribution in [2.24, 2.45) is 4.99 Å². The van der Waals surface area contributed by atoms with Gasteiger partial charge in [-0.2, -0.15) is 0 Å². The summed E-state index contributed by atoms with van der Waals surface area (Å²) in [4.78, 5) is 36.2. The number of halogens is 1. The van der Waals surface area contributed by atoms with E-state index in [1.54, 1.807) is 29.5 Å². The van der Waals surface area contributed by atoms with Crippen molar-refractivity contribution in [2.45, 2.75) is 18.4 Å². The molecule has 0 unspecified atom stereocenters. The monoisotopic (exact) mass is 659 g/mol. The zero-order chi connectivity index (χ0) is 29.4. The average molecular weight is 661 g/mol. The normalized spacial score (nSPS) is 18.0. The molecule has 2 aliphatic heterocycles. The Kier molecular flexibility index (Phi) is 7.80. The van der Waals surface area contributed by atoms with Gasteiger partial charge >= 0.3 is 0 Å². The second kappa shape index (κ2) is 11.7. The molecule has 1 N–H and O–H groups in total. The number of carbonyl (C=O) groups is 1. The van der Waals surface area contributed by atoms with E-state index in [-0.39, 0.29) is 18.0 Å². The molecule has 0 radical (unpaired) electrons. The number of aromatic nitrogens is 1. The number of methoxy groups -OCH3 is 1. The third-order valence-corrected chi connectivity index (χ3v) is 9.76. The third-order valence-electron chi connectivity index (χ3n) is 6.76. The largest absolute Gasteiger partial charge is 0.497 e. The predicted molar refractivity (Wildman–Crippen MR) is 175 cm³/mol. The molecular formula is C31H26BrN5O3S2. The second-order valence-electron chi connectivity index (χ2n) is 9.33. The van der Waals surface area contributed by atoms with Gasteiger partial charge in [0.1, 0.15) is 25.5 Å². The highest BCUT2D eigenvalue weighted by atomic mass is 79.9. The Bertz CT molecular complexity index is 1930. The van der Waals surface area contributed by atoms with E-state index in [4.69, 9.17) is 9.73 Å². The van der Waals surface area contributed by atoms with Crippen LogP contribution in [-0.4, -0.2) is 30.0 Å². The minimum atomic E-state index is -0.301. The lowest BCUT2D eigenvalue weighted by Crippen LogP contribution is -2.36. The number of ether oxygens (including phenoxy) is 1. The summed E-state index contributed by atoms with van der Waals surface area (Å²) in [5.41, 5.74) is 5.64. The zero-order valence-electron chi connectivity index (χ0n) is 22.8. The van der Waals surface area contributed by atoms with E-state index >= 15 is 0 Å². The first-order valence-electron chi connectivity index (χ1n) is 13.2. The number of allylic oxidation sites excluding steroid dienone is 1. The van der Waals surface area contributed by atoms with Crippen molar-refractivity contribution in [3.8, 4) is 5.75 Å². The van der Waals surface area contributed by atoms with Crippen LogP contribution in [0.4, 0.5) is 17.1 Å². The van der Waals surface area contributed by atoms with Gasteiger partial charge in [-0.15, -0.1) is 17.9 Å². The Labute approximate surface area is 259 Å². The fourth-order valence-corrected chi connectivity index (χ4v) is 7.75. The van der Waals surface area contributed by atoms with E-state index in [1.165, 1.54) is 16.3 Å². The van der Waals surface area contributed by atoms with Crippen LogP contribution in [0.2, 0.25) is 0 Å². The van der Waals surface area contributed by atoms with Gasteiger partial charge in [0.15, 0.2) is 5.84 Å². The summed E-state index contributed by atoms with van der Waals surface area (Å²) in [7, 11) is 1.64. The van der Waals surface area contributed by atoms with Crippen LogP contribution >= 0.6 is 39.0 Å². The van der Waals surface area contributed by atoms with Crippen LogP contribution in [-0.2, 0) is 11.3 Å². The Morgan fingerprint density at radius 1 is 1.07 bits per heavy atom. The fraction of sp³-hybridized carbons (Fsp3) is 0.129. The number of hydrazine groups is 1. The Balaban J connectivity index is 1.63. The maximum atomic E-state index is 14.1. The van der Waals surface area contributed by atoms with Gasteiger partial charge in [0.25, 0.3) is 11.5 Å². The Morgan fingerprint density at radius 2 is 1.88 bits per heavy atom. The highest BCUT2D eigenvalue weighted by Crippen LogP contribution is 2.47. The van der Waals surface area contributed by atoms with Crippen molar-refractivity contribution in [3.63, 3.8) is 0 Å². The number of fused-ring (bicyclic) bond motifs is 1. The molecule has 11 heteroatoms. The van der Waals surface area contributed by atoms with Crippen LogP contribution in [0.1, 0.15) is 6.92 Å². The SMILES string of the molecule is C=CCn1c(=O)/c(=C2/Sc3ccc(OC)cc3N2CC)s/c1=C1/C(=O)N(c2ccccc2)NC1=Nc1cccc(Br)c1. The van der Waals surface area contributed by atoms with Crippen LogP contribution in [0.15, 0.2) is 105 Å². The van der Waals surface area contributed by atoms with E-state index < -0.39 is 0 Å². The van der Waals surface area contributed by atoms with E-state index in [1.807, 2.05) is 79.7 Å². The van der Waals surface area contributed by atoms with Crippen molar-refractivity contribution in [2.75, 3.05) is 23.6 Å². The van der Waals surface area contributed by atoms with Crippen LogP contribution in [0.5, 0.6) is 5.75 Å². The minimum absolute atomic E-state index is 0.184. The van der Waals surface area contributed by atoms with Gasteiger partial charge < -0.3 is 9.64 Å². The quantitative estimate of drug-likeness (QED) is 0.294. The first-order chi connectivity index (χ1) is 20.4. The maximum absolute atomic E-state index is 14.1. The van der Waals surface area contributed by atoms with Gasteiger partial charge in [-0.1, -0.05) is 58.0 Å². The summed E-state index contributed by atoms with van der Waals surface area (Å²) in [6.45, 7) is 6.83. The number of benzene rings is 3. The molecule has 1 saturated heterocycles. The Hall–Kier alpha value is -4.06. The first kappa shape index (κ1) is 28.1. The summed E-state index contributed by atoms with van der Waals surface area (Å²) in [6.07, 6.45) is 1.67. The Morgan fingerprint density at radius 3 is 2.60 bits per heavy atom. The molecule has 0 spiro atoms. The molecule has 1 aromatic heterocycles. The van der Waals surface area contributed by atoms with Gasteiger partial charge in [-0.05, 0) is 49.4 Å². The van der Waals surface area contributed by atoms with E-state index in [9.17, 15) is 9.59 Å². The molecule has 4 aromatic rings. The highest BCUT2D eigenvalue weighted by molar-refractivity contribution is 9.10. The number of amidine groups is 1. The lowest BCUT2D eigenvalue weighted by molar-refractivity contribution is -0.113. The fourth-order valence-electron chi connectivity index (χ4n) is 4.83. The summed E-state index contributed by atoms with van der Waals surface area (Å²) < 4.78 is 8.99. The van der Waals surface area contributed by atoms with Crippen LogP contribution in [0.25, 0.3) is 10.6 Å². The predicted octanol–water partition coefficient (Wildman–Crippen LogP) is 5.00. The maximum Gasteiger partial charge on any atom is 0.283 e. The molecular weight excluding hydrogens is 634 g/mol. The number of aliphatic imine (C=N–C) groups is 1. The molecule has 1 amide bonds. The van der Waals surface area contributed by atoms with Crippen molar-refractivity contribution in [1.29, 1.82) is 0 Å². The molecule has 42 heavy (non-hydrogen) atoms. The van der Waals surface area contributed by atoms with Gasteiger partial charge in [-0.25, -0.2) is 10.0 Å². The molecule has 3 aromatic carbocycles. The molecule has 212 valence electrons. The number of thioether (sulfide) groups is 1. The summed E-state index contributed by atoms with van der Waals surface area (Å²) in [5, 5.41) is 2.29. The van der Waals surface area contributed by atoms with Crippen molar-refractivity contribution < 1.29 is 9.53 Å². The van der Waals surface area contributed by atoms with Crippen molar-refractivity contribution >= 4 is 78.4 Å². The van der Waals surface area contributed by atoms with Crippen LogP contribution in [0.3, 0.4) is 0 Å².